The van der Waals surface area contributed by atoms with Gasteiger partial charge in [0.25, 0.3) is 0 Å². The average Bonchev–Trinajstić information content (AvgIpc) is 3.43. The molecule has 0 spiro atoms. The van der Waals surface area contributed by atoms with E-state index in [4.69, 9.17) is 0 Å². The van der Waals surface area contributed by atoms with E-state index in [1.165, 1.54) is 16.5 Å². The van der Waals surface area contributed by atoms with Crippen molar-refractivity contribution in [1.82, 2.24) is 0 Å². The van der Waals surface area contributed by atoms with E-state index in [-0.39, 0.29) is 11.8 Å². The van der Waals surface area contributed by atoms with Crippen molar-refractivity contribution in [2.75, 3.05) is 5.32 Å². The lowest BCUT2D eigenvalue weighted by molar-refractivity contribution is -0.117. The summed E-state index contributed by atoms with van der Waals surface area (Å²) in [6.45, 7) is 4.41. The molecule has 126 valence electrons. The van der Waals surface area contributed by atoms with Gasteiger partial charge in [0.05, 0.1) is 0 Å². The zero-order valence-corrected chi connectivity index (χ0v) is 14.7. The Kier molecular flexibility index (Phi) is 4.04. The summed E-state index contributed by atoms with van der Waals surface area (Å²) in [5.74, 6) is 1.10. The number of rotatable bonds is 4. The van der Waals surface area contributed by atoms with Crippen LogP contribution in [0.25, 0.3) is 10.8 Å². The predicted molar refractivity (Wildman–Crippen MR) is 104 cm³/mol. The van der Waals surface area contributed by atoms with Gasteiger partial charge in [0.1, 0.15) is 0 Å². The maximum Gasteiger partial charge on any atom is 0.228 e. The van der Waals surface area contributed by atoms with Gasteiger partial charge < -0.3 is 5.32 Å². The molecule has 1 N–H and O–H groups in total. The van der Waals surface area contributed by atoms with Crippen LogP contribution in [0, 0.1) is 5.92 Å². The van der Waals surface area contributed by atoms with E-state index in [9.17, 15) is 4.79 Å². The number of nitrogens with one attached hydrogen (secondary N) is 1. The van der Waals surface area contributed by atoms with Gasteiger partial charge in [-0.3, -0.25) is 4.79 Å². The molecular formula is C23H23NO. The lowest BCUT2D eigenvalue weighted by Crippen LogP contribution is -2.14. The van der Waals surface area contributed by atoms with Crippen LogP contribution in [0.1, 0.15) is 43.2 Å². The van der Waals surface area contributed by atoms with Gasteiger partial charge in [-0.25, -0.2) is 0 Å². The average molecular weight is 329 g/mol. The Hall–Kier alpha value is -2.61. The number of amides is 1. The Morgan fingerprint density at radius 3 is 2.56 bits per heavy atom. The summed E-state index contributed by atoms with van der Waals surface area (Å²) in [5.41, 5.74) is 3.52. The highest BCUT2D eigenvalue weighted by Gasteiger charge is 2.44. The molecule has 1 aliphatic rings. The molecule has 2 heteroatoms. The molecule has 2 nitrogen and oxygen atoms in total. The number of fused-ring (bicyclic) bond motifs is 1. The molecule has 1 saturated carbocycles. The van der Waals surface area contributed by atoms with Gasteiger partial charge in [0.2, 0.25) is 5.91 Å². The summed E-state index contributed by atoms with van der Waals surface area (Å²) in [6.07, 6.45) is 0.945. The van der Waals surface area contributed by atoms with Crippen molar-refractivity contribution in [1.29, 1.82) is 0 Å². The van der Waals surface area contributed by atoms with Gasteiger partial charge in [0.15, 0.2) is 0 Å². The monoisotopic (exact) mass is 329 g/mol. The summed E-state index contributed by atoms with van der Waals surface area (Å²) in [6, 6.07) is 23.0. The van der Waals surface area contributed by atoms with Crippen LogP contribution in [0.3, 0.4) is 0 Å². The zero-order chi connectivity index (χ0) is 17.4. The largest absolute Gasteiger partial charge is 0.326 e. The smallest absolute Gasteiger partial charge is 0.228 e. The SMILES string of the molecule is CC(C)c1cccc(C2CC2C(=O)Nc2ccc3ccccc3c2)c1. The van der Waals surface area contributed by atoms with Crippen molar-refractivity contribution >= 4 is 22.4 Å². The van der Waals surface area contributed by atoms with E-state index < -0.39 is 0 Å². The van der Waals surface area contributed by atoms with Crippen molar-refractivity contribution in [3.8, 4) is 0 Å². The molecule has 0 saturated heterocycles. The fourth-order valence-electron chi connectivity index (χ4n) is 3.50. The van der Waals surface area contributed by atoms with Crippen LogP contribution in [-0.4, -0.2) is 5.91 Å². The van der Waals surface area contributed by atoms with E-state index in [0.29, 0.717) is 11.8 Å². The molecule has 0 radical (unpaired) electrons. The molecule has 1 amide bonds. The summed E-state index contributed by atoms with van der Waals surface area (Å²) >= 11 is 0. The molecule has 0 aliphatic heterocycles. The molecule has 0 bridgehead atoms. The Morgan fingerprint density at radius 2 is 1.76 bits per heavy atom. The first-order chi connectivity index (χ1) is 12.1. The minimum Gasteiger partial charge on any atom is -0.326 e. The minimum absolute atomic E-state index is 0.0916. The van der Waals surface area contributed by atoms with Crippen molar-refractivity contribution in [2.45, 2.75) is 32.1 Å². The summed E-state index contributed by atoms with van der Waals surface area (Å²) < 4.78 is 0. The molecule has 2 unspecified atom stereocenters. The first-order valence-electron chi connectivity index (χ1n) is 9.01. The summed E-state index contributed by atoms with van der Waals surface area (Å²) in [5, 5.41) is 5.43. The second-order valence-corrected chi connectivity index (χ2v) is 7.32. The predicted octanol–water partition coefficient (Wildman–Crippen LogP) is 5.71. The number of carbonyl (C=O) groups is 1. The Balaban J connectivity index is 1.46. The molecule has 4 rings (SSSR count). The van der Waals surface area contributed by atoms with Crippen LogP contribution in [0.2, 0.25) is 0 Å². The Bertz CT molecular complexity index is 928. The molecule has 2 atom stereocenters. The Labute approximate surface area is 148 Å². The van der Waals surface area contributed by atoms with Crippen LogP contribution in [0.5, 0.6) is 0 Å². The highest BCUT2D eigenvalue weighted by molar-refractivity contribution is 5.97. The highest BCUT2D eigenvalue weighted by Crippen LogP contribution is 2.48. The highest BCUT2D eigenvalue weighted by atomic mass is 16.2. The fraction of sp³-hybridized carbons (Fsp3) is 0.261. The van der Waals surface area contributed by atoms with Gasteiger partial charge in [-0.05, 0) is 52.3 Å². The van der Waals surface area contributed by atoms with Gasteiger partial charge >= 0.3 is 0 Å². The molecule has 0 aromatic heterocycles. The zero-order valence-electron chi connectivity index (χ0n) is 14.7. The molecule has 3 aromatic carbocycles. The third-order valence-corrected chi connectivity index (χ3v) is 5.15. The number of carbonyl (C=O) groups excluding carboxylic acids is 1. The fourth-order valence-corrected chi connectivity index (χ4v) is 3.50. The topological polar surface area (TPSA) is 29.1 Å². The number of hydrogen-bond acceptors (Lipinski definition) is 1. The van der Waals surface area contributed by atoms with Crippen molar-refractivity contribution in [3.05, 3.63) is 77.9 Å². The quantitative estimate of drug-likeness (QED) is 0.653. The van der Waals surface area contributed by atoms with Gasteiger partial charge in [-0.15, -0.1) is 0 Å². The van der Waals surface area contributed by atoms with E-state index in [1.54, 1.807) is 0 Å². The standard InChI is InChI=1S/C23H23NO/c1-15(2)17-8-5-9-19(12-17)21-14-22(21)23(25)24-20-11-10-16-6-3-4-7-18(16)13-20/h3-13,15,21-22H,14H2,1-2H3,(H,24,25). The van der Waals surface area contributed by atoms with Gasteiger partial charge in [-0.1, -0.05) is 68.4 Å². The van der Waals surface area contributed by atoms with Crippen LogP contribution >= 0.6 is 0 Å². The van der Waals surface area contributed by atoms with Gasteiger partial charge in [-0.2, -0.15) is 0 Å². The normalized spacial score (nSPS) is 19.2. The maximum atomic E-state index is 12.6. The van der Waals surface area contributed by atoms with Crippen LogP contribution in [-0.2, 0) is 4.79 Å². The summed E-state index contributed by atoms with van der Waals surface area (Å²) in [4.78, 5) is 12.6. The first-order valence-corrected chi connectivity index (χ1v) is 9.01. The van der Waals surface area contributed by atoms with E-state index in [0.717, 1.165) is 17.5 Å². The van der Waals surface area contributed by atoms with Crippen LogP contribution < -0.4 is 5.32 Å². The Morgan fingerprint density at radius 1 is 0.960 bits per heavy atom. The van der Waals surface area contributed by atoms with Crippen molar-refractivity contribution in [2.24, 2.45) is 5.92 Å². The van der Waals surface area contributed by atoms with Crippen LogP contribution in [0.15, 0.2) is 66.7 Å². The number of hydrogen-bond donors (Lipinski definition) is 1. The number of benzene rings is 3. The van der Waals surface area contributed by atoms with E-state index in [1.807, 2.05) is 24.3 Å². The molecule has 0 heterocycles. The van der Waals surface area contributed by atoms with Crippen molar-refractivity contribution in [3.63, 3.8) is 0 Å². The second kappa shape index (κ2) is 6.36. The molecule has 1 fully saturated rings. The van der Waals surface area contributed by atoms with Gasteiger partial charge in [0, 0.05) is 11.6 Å². The molecule has 1 aliphatic carbocycles. The van der Waals surface area contributed by atoms with Crippen molar-refractivity contribution < 1.29 is 4.79 Å². The van der Waals surface area contributed by atoms with E-state index in [2.05, 4.69) is 61.6 Å². The minimum atomic E-state index is 0.0916. The molecule has 25 heavy (non-hydrogen) atoms. The lowest BCUT2D eigenvalue weighted by atomic mass is 9.98. The third kappa shape index (κ3) is 3.30. The molecule has 3 aromatic rings. The summed E-state index contributed by atoms with van der Waals surface area (Å²) in [7, 11) is 0. The van der Waals surface area contributed by atoms with Crippen LogP contribution in [0.4, 0.5) is 5.69 Å². The maximum absolute atomic E-state index is 12.6. The first kappa shape index (κ1) is 15.9. The molecular weight excluding hydrogens is 306 g/mol. The number of anilines is 1. The third-order valence-electron chi connectivity index (χ3n) is 5.15. The second-order valence-electron chi connectivity index (χ2n) is 7.32. The lowest BCUT2D eigenvalue weighted by Gasteiger charge is -2.09. The van der Waals surface area contributed by atoms with E-state index >= 15 is 0 Å².